The molecular weight excluding hydrogens is 338 g/mol. The van der Waals surface area contributed by atoms with Gasteiger partial charge in [-0.3, -0.25) is 4.90 Å². The van der Waals surface area contributed by atoms with Crippen LogP contribution in [-0.4, -0.2) is 61.8 Å². The van der Waals surface area contributed by atoms with Crippen LogP contribution in [0.3, 0.4) is 0 Å². The molecule has 0 radical (unpaired) electrons. The van der Waals surface area contributed by atoms with E-state index in [0.29, 0.717) is 12.0 Å². The predicted octanol–water partition coefficient (Wildman–Crippen LogP) is 3.50. The lowest BCUT2D eigenvalue weighted by molar-refractivity contribution is 0.100. The van der Waals surface area contributed by atoms with E-state index in [9.17, 15) is 4.79 Å². The van der Waals surface area contributed by atoms with Crippen LogP contribution in [0.5, 0.6) is 0 Å². The summed E-state index contributed by atoms with van der Waals surface area (Å²) in [6, 6.07) is 10.7. The van der Waals surface area contributed by atoms with Gasteiger partial charge in [-0.05, 0) is 63.1 Å². The topological polar surface area (TPSA) is 44.8 Å². The Balaban J connectivity index is 1.27. The molecule has 1 aromatic rings. The van der Waals surface area contributed by atoms with Gasteiger partial charge in [0.25, 0.3) is 0 Å². The van der Waals surface area contributed by atoms with E-state index in [1.165, 1.54) is 18.4 Å². The Bertz CT molecular complexity index is 552. The van der Waals surface area contributed by atoms with Crippen molar-refractivity contribution in [2.75, 3.05) is 39.8 Å². The molecule has 2 fully saturated rings. The fraction of sp³-hybridized carbons (Fsp3) is 0.682. The van der Waals surface area contributed by atoms with Crippen molar-refractivity contribution in [2.24, 2.45) is 5.92 Å². The molecule has 0 bridgehead atoms. The molecule has 2 aliphatic heterocycles. The molecule has 2 aliphatic rings. The van der Waals surface area contributed by atoms with E-state index >= 15 is 0 Å². The number of rotatable bonds is 8. The molecule has 1 atom stereocenters. The van der Waals surface area contributed by atoms with Crippen LogP contribution in [0.4, 0.5) is 4.79 Å². The van der Waals surface area contributed by atoms with Crippen LogP contribution in [0, 0.1) is 5.92 Å². The lowest BCUT2D eigenvalue weighted by Gasteiger charge is -2.32. The van der Waals surface area contributed by atoms with Gasteiger partial charge in [-0.25, -0.2) is 4.79 Å². The van der Waals surface area contributed by atoms with Crippen LogP contribution in [0.25, 0.3) is 0 Å². The molecule has 1 N–H and O–H groups in total. The second-order valence-electron chi connectivity index (χ2n) is 8.09. The molecule has 5 nitrogen and oxygen atoms in total. The second-order valence-corrected chi connectivity index (χ2v) is 8.09. The zero-order chi connectivity index (χ0) is 18.9. The first-order valence-electron chi connectivity index (χ1n) is 10.6. The van der Waals surface area contributed by atoms with Crippen molar-refractivity contribution in [3.63, 3.8) is 0 Å². The standard InChI is InChI=1S/C22H35N3O2/c1-24(13-5-9-21-10-6-16-27-21)22(26)23-17-19-11-14-25(15-12-19)18-20-7-3-2-4-8-20/h2-4,7-8,19,21H,5-6,9-18H2,1H3,(H,23,26)/t21-/m0/s1. The van der Waals surface area contributed by atoms with Crippen LogP contribution < -0.4 is 5.32 Å². The van der Waals surface area contributed by atoms with Gasteiger partial charge in [0, 0.05) is 33.3 Å². The normalized spacial score (nSPS) is 21.3. The Hall–Kier alpha value is -1.59. The summed E-state index contributed by atoms with van der Waals surface area (Å²) >= 11 is 0. The minimum Gasteiger partial charge on any atom is -0.378 e. The number of carbonyl (C=O) groups is 1. The van der Waals surface area contributed by atoms with Crippen molar-refractivity contribution in [3.8, 4) is 0 Å². The molecule has 2 amide bonds. The quantitative estimate of drug-likeness (QED) is 0.759. The van der Waals surface area contributed by atoms with Crippen molar-refractivity contribution >= 4 is 6.03 Å². The largest absolute Gasteiger partial charge is 0.378 e. The van der Waals surface area contributed by atoms with Gasteiger partial charge >= 0.3 is 6.03 Å². The summed E-state index contributed by atoms with van der Waals surface area (Å²) in [5.41, 5.74) is 1.38. The van der Waals surface area contributed by atoms with Crippen LogP contribution in [-0.2, 0) is 11.3 Å². The number of urea groups is 1. The first-order chi connectivity index (χ1) is 13.2. The number of likely N-dealkylation sites (tertiary alicyclic amines) is 1. The lowest BCUT2D eigenvalue weighted by atomic mass is 9.96. The van der Waals surface area contributed by atoms with Gasteiger partial charge in [0.05, 0.1) is 6.10 Å². The first-order valence-corrected chi connectivity index (χ1v) is 10.6. The number of amides is 2. The van der Waals surface area contributed by atoms with E-state index < -0.39 is 0 Å². The van der Waals surface area contributed by atoms with Crippen LogP contribution in [0.1, 0.15) is 44.1 Å². The molecule has 150 valence electrons. The highest BCUT2D eigenvalue weighted by molar-refractivity contribution is 5.73. The van der Waals surface area contributed by atoms with Crippen molar-refractivity contribution in [1.82, 2.24) is 15.1 Å². The highest BCUT2D eigenvalue weighted by Gasteiger charge is 2.21. The van der Waals surface area contributed by atoms with E-state index in [1.807, 2.05) is 11.9 Å². The smallest absolute Gasteiger partial charge is 0.317 e. The van der Waals surface area contributed by atoms with Crippen molar-refractivity contribution in [2.45, 2.75) is 51.2 Å². The van der Waals surface area contributed by atoms with E-state index in [0.717, 1.165) is 65.0 Å². The molecule has 2 heterocycles. The average Bonchev–Trinajstić information content (AvgIpc) is 3.21. The Morgan fingerprint density at radius 1 is 1.22 bits per heavy atom. The number of carbonyl (C=O) groups excluding carboxylic acids is 1. The Morgan fingerprint density at radius 3 is 2.70 bits per heavy atom. The van der Waals surface area contributed by atoms with Crippen molar-refractivity contribution in [3.05, 3.63) is 35.9 Å². The van der Waals surface area contributed by atoms with E-state index in [-0.39, 0.29) is 6.03 Å². The third-order valence-corrected chi connectivity index (χ3v) is 5.89. The first kappa shape index (κ1) is 20.2. The summed E-state index contributed by atoms with van der Waals surface area (Å²) in [6.07, 6.45) is 7.20. The zero-order valence-corrected chi connectivity index (χ0v) is 16.7. The van der Waals surface area contributed by atoms with E-state index in [4.69, 9.17) is 4.74 Å². The maximum Gasteiger partial charge on any atom is 0.317 e. The van der Waals surface area contributed by atoms with Gasteiger partial charge in [0.15, 0.2) is 0 Å². The number of nitrogens with zero attached hydrogens (tertiary/aromatic N) is 2. The summed E-state index contributed by atoms with van der Waals surface area (Å²) in [4.78, 5) is 16.6. The monoisotopic (exact) mass is 373 g/mol. The number of hydrogen-bond acceptors (Lipinski definition) is 3. The third kappa shape index (κ3) is 6.82. The minimum absolute atomic E-state index is 0.0639. The van der Waals surface area contributed by atoms with Gasteiger partial charge in [-0.2, -0.15) is 0 Å². The number of piperidine rings is 1. The predicted molar refractivity (Wildman–Crippen MR) is 109 cm³/mol. The van der Waals surface area contributed by atoms with Gasteiger partial charge in [-0.1, -0.05) is 30.3 Å². The van der Waals surface area contributed by atoms with Crippen molar-refractivity contribution < 1.29 is 9.53 Å². The molecule has 27 heavy (non-hydrogen) atoms. The SMILES string of the molecule is CN(CCC[C@H]1CCCO1)C(=O)NCC1CCN(Cc2ccccc2)CC1. The Morgan fingerprint density at radius 2 is 2.00 bits per heavy atom. The van der Waals surface area contributed by atoms with Crippen LogP contribution in [0.2, 0.25) is 0 Å². The minimum atomic E-state index is 0.0639. The molecule has 0 saturated carbocycles. The number of ether oxygens (including phenoxy) is 1. The maximum absolute atomic E-state index is 12.3. The molecular formula is C22H35N3O2. The van der Waals surface area contributed by atoms with Gasteiger partial charge < -0.3 is 15.0 Å². The van der Waals surface area contributed by atoms with Crippen LogP contribution >= 0.6 is 0 Å². The molecule has 0 spiro atoms. The molecule has 0 unspecified atom stereocenters. The zero-order valence-electron chi connectivity index (χ0n) is 16.7. The lowest BCUT2D eigenvalue weighted by Crippen LogP contribution is -2.42. The summed E-state index contributed by atoms with van der Waals surface area (Å²) in [5, 5.41) is 3.13. The number of nitrogens with one attached hydrogen (secondary N) is 1. The summed E-state index contributed by atoms with van der Waals surface area (Å²) < 4.78 is 5.65. The summed E-state index contributed by atoms with van der Waals surface area (Å²) in [5.74, 6) is 0.598. The highest BCUT2D eigenvalue weighted by Crippen LogP contribution is 2.19. The fourth-order valence-electron chi connectivity index (χ4n) is 4.09. The van der Waals surface area contributed by atoms with E-state index in [2.05, 4.69) is 40.5 Å². The van der Waals surface area contributed by atoms with Gasteiger partial charge in [-0.15, -0.1) is 0 Å². The van der Waals surface area contributed by atoms with Gasteiger partial charge in [0.1, 0.15) is 0 Å². The number of benzene rings is 1. The highest BCUT2D eigenvalue weighted by atomic mass is 16.5. The molecule has 2 saturated heterocycles. The van der Waals surface area contributed by atoms with Crippen LogP contribution in [0.15, 0.2) is 30.3 Å². The Kier molecular flexibility index (Phi) is 7.96. The molecule has 0 aromatic heterocycles. The summed E-state index contributed by atoms with van der Waals surface area (Å²) in [6.45, 7) is 5.78. The average molecular weight is 374 g/mol. The molecule has 5 heteroatoms. The maximum atomic E-state index is 12.3. The molecule has 0 aliphatic carbocycles. The second kappa shape index (κ2) is 10.7. The molecule has 1 aromatic carbocycles. The number of hydrogen-bond donors (Lipinski definition) is 1. The summed E-state index contributed by atoms with van der Waals surface area (Å²) in [7, 11) is 1.90. The van der Waals surface area contributed by atoms with E-state index in [1.54, 1.807) is 0 Å². The third-order valence-electron chi connectivity index (χ3n) is 5.89. The fourth-order valence-corrected chi connectivity index (χ4v) is 4.09. The van der Waals surface area contributed by atoms with Gasteiger partial charge in [0.2, 0.25) is 0 Å². The van der Waals surface area contributed by atoms with Crippen molar-refractivity contribution in [1.29, 1.82) is 0 Å². The Labute approximate surface area is 164 Å². The molecule has 3 rings (SSSR count).